The van der Waals surface area contributed by atoms with E-state index in [1.807, 2.05) is 0 Å². The maximum Gasteiger partial charge on any atom is 0.410 e. The fraction of sp³-hybridized carbons (Fsp3) is 0.471. The standard InChI is InChI=1S/C17H19Cl2N3O4/c1-17(2,3)26-16(25)20-4-5-21-13(9-20)14(23)22(15(21)24)12-7-10(18)6-11(19)8-12/h6-8,13H,4-5,9H2,1-3H3. The van der Waals surface area contributed by atoms with Gasteiger partial charge in [-0.3, -0.25) is 4.79 Å². The van der Waals surface area contributed by atoms with Crippen LogP contribution in [-0.4, -0.2) is 59.1 Å². The van der Waals surface area contributed by atoms with Crippen molar-refractivity contribution in [3.05, 3.63) is 28.2 Å². The van der Waals surface area contributed by atoms with Gasteiger partial charge in [0.25, 0.3) is 5.91 Å². The molecule has 4 amide bonds. The maximum absolute atomic E-state index is 12.8. The van der Waals surface area contributed by atoms with Crippen molar-refractivity contribution >= 4 is 46.9 Å². The molecule has 26 heavy (non-hydrogen) atoms. The summed E-state index contributed by atoms with van der Waals surface area (Å²) in [6, 6.07) is 3.35. The van der Waals surface area contributed by atoms with Gasteiger partial charge >= 0.3 is 12.1 Å². The molecule has 0 bridgehead atoms. The highest BCUT2D eigenvalue weighted by atomic mass is 35.5. The zero-order valence-electron chi connectivity index (χ0n) is 14.7. The number of nitrogens with zero attached hydrogens (tertiary/aromatic N) is 3. The number of urea groups is 1. The van der Waals surface area contributed by atoms with E-state index in [2.05, 4.69) is 0 Å². The molecule has 0 aromatic heterocycles. The van der Waals surface area contributed by atoms with Crippen LogP contribution in [0.15, 0.2) is 18.2 Å². The van der Waals surface area contributed by atoms with Gasteiger partial charge in [0.1, 0.15) is 11.6 Å². The van der Waals surface area contributed by atoms with Crippen molar-refractivity contribution in [1.82, 2.24) is 9.80 Å². The van der Waals surface area contributed by atoms with Gasteiger partial charge in [-0.05, 0) is 39.0 Å². The number of carbonyl (C=O) groups excluding carboxylic acids is 3. The summed E-state index contributed by atoms with van der Waals surface area (Å²) in [6.07, 6.45) is -0.498. The number of carbonyl (C=O) groups is 3. The second-order valence-electron chi connectivity index (χ2n) is 7.22. The van der Waals surface area contributed by atoms with Gasteiger partial charge in [0.05, 0.1) is 12.2 Å². The topological polar surface area (TPSA) is 70.2 Å². The lowest BCUT2D eigenvalue weighted by molar-refractivity contribution is -0.120. The number of hydrogen-bond acceptors (Lipinski definition) is 4. The van der Waals surface area contributed by atoms with Crippen molar-refractivity contribution in [2.45, 2.75) is 32.4 Å². The third-order valence-corrected chi connectivity index (χ3v) is 4.52. The van der Waals surface area contributed by atoms with E-state index in [4.69, 9.17) is 27.9 Å². The number of fused-ring (bicyclic) bond motifs is 1. The summed E-state index contributed by atoms with van der Waals surface area (Å²) < 4.78 is 5.35. The molecule has 0 aliphatic carbocycles. The Morgan fingerprint density at radius 2 is 1.73 bits per heavy atom. The fourth-order valence-electron chi connectivity index (χ4n) is 2.99. The van der Waals surface area contributed by atoms with Crippen molar-refractivity contribution in [3.63, 3.8) is 0 Å². The molecule has 0 saturated carbocycles. The Bertz CT molecular complexity index is 758. The zero-order chi connectivity index (χ0) is 19.2. The number of hydrogen-bond donors (Lipinski definition) is 0. The molecule has 1 atom stereocenters. The predicted molar refractivity (Wildman–Crippen MR) is 97.6 cm³/mol. The smallest absolute Gasteiger partial charge is 0.410 e. The number of anilines is 1. The van der Waals surface area contributed by atoms with E-state index >= 15 is 0 Å². The van der Waals surface area contributed by atoms with Crippen molar-refractivity contribution < 1.29 is 19.1 Å². The van der Waals surface area contributed by atoms with Gasteiger partial charge in [-0.2, -0.15) is 0 Å². The van der Waals surface area contributed by atoms with E-state index in [0.29, 0.717) is 22.3 Å². The molecule has 2 aliphatic rings. The highest BCUT2D eigenvalue weighted by molar-refractivity contribution is 6.35. The van der Waals surface area contributed by atoms with E-state index in [-0.39, 0.29) is 13.1 Å². The molecular weight excluding hydrogens is 381 g/mol. The summed E-state index contributed by atoms with van der Waals surface area (Å²) in [4.78, 5) is 41.7. The molecule has 2 fully saturated rings. The first kappa shape index (κ1) is 18.8. The lowest BCUT2D eigenvalue weighted by Crippen LogP contribution is -2.55. The van der Waals surface area contributed by atoms with Crippen molar-refractivity contribution in [2.24, 2.45) is 0 Å². The Hall–Kier alpha value is -1.99. The van der Waals surface area contributed by atoms with Gasteiger partial charge in [0, 0.05) is 23.1 Å². The number of ether oxygens (including phenoxy) is 1. The SMILES string of the molecule is CC(C)(C)OC(=O)N1CCN2C(=O)N(c3cc(Cl)cc(Cl)c3)C(=O)C2C1. The minimum Gasteiger partial charge on any atom is -0.444 e. The number of amides is 4. The van der Waals surface area contributed by atoms with E-state index in [1.165, 1.54) is 28.0 Å². The van der Waals surface area contributed by atoms with E-state index in [1.54, 1.807) is 20.8 Å². The van der Waals surface area contributed by atoms with Gasteiger partial charge in [0.15, 0.2) is 0 Å². The second-order valence-corrected chi connectivity index (χ2v) is 8.09. The van der Waals surface area contributed by atoms with E-state index in [9.17, 15) is 14.4 Å². The first-order valence-electron chi connectivity index (χ1n) is 8.15. The van der Waals surface area contributed by atoms with Crippen LogP contribution in [-0.2, 0) is 9.53 Å². The second kappa shape index (κ2) is 6.63. The van der Waals surface area contributed by atoms with Crippen LogP contribution >= 0.6 is 23.2 Å². The first-order valence-corrected chi connectivity index (χ1v) is 8.91. The van der Waals surface area contributed by atoms with Crippen molar-refractivity contribution in [1.29, 1.82) is 0 Å². The Balaban J connectivity index is 1.81. The molecule has 2 saturated heterocycles. The third-order valence-electron chi connectivity index (χ3n) is 4.08. The van der Waals surface area contributed by atoms with Gasteiger partial charge in [-0.25, -0.2) is 14.5 Å². The van der Waals surface area contributed by atoms with Crippen molar-refractivity contribution in [3.8, 4) is 0 Å². The normalized spacial score (nSPS) is 20.5. The monoisotopic (exact) mass is 399 g/mol. The van der Waals surface area contributed by atoms with Gasteiger partial charge < -0.3 is 14.5 Å². The highest BCUT2D eigenvalue weighted by Gasteiger charge is 2.49. The van der Waals surface area contributed by atoms with E-state index < -0.39 is 29.7 Å². The highest BCUT2D eigenvalue weighted by Crippen LogP contribution is 2.31. The number of piperazine rings is 1. The molecule has 1 unspecified atom stereocenters. The van der Waals surface area contributed by atoms with E-state index in [0.717, 1.165) is 4.90 Å². The van der Waals surface area contributed by atoms with Crippen LogP contribution in [0, 0.1) is 0 Å². The average molecular weight is 400 g/mol. The zero-order valence-corrected chi connectivity index (χ0v) is 16.2. The first-order chi connectivity index (χ1) is 12.1. The summed E-state index contributed by atoms with van der Waals surface area (Å²) in [5, 5.41) is 0.654. The third kappa shape index (κ3) is 3.59. The molecule has 1 aromatic carbocycles. The Morgan fingerprint density at radius 1 is 1.12 bits per heavy atom. The van der Waals surface area contributed by atoms with Crippen molar-refractivity contribution in [2.75, 3.05) is 24.5 Å². The van der Waals surface area contributed by atoms with Gasteiger partial charge in [-0.1, -0.05) is 23.2 Å². The minimum atomic E-state index is -0.749. The molecule has 140 valence electrons. The molecule has 2 heterocycles. The van der Waals surface area contributed by atoms with Crippen LogP contribution in [0.4, 0.5) is 15.3 Å². The lowest BCUT2D eigenvalue weighted by Gasteiger charge is -2.36. The molecule has 9 heteroatoms. The van der Waals surface area contributed by atoms with Gasteiger partial charge in [0.2, 0.25) is 0 Å². The fourth-order valence-corrected chi connectivity index (χ4v) is 3.51. The average Bonchev–Trinajstić information content (AvgIpc) is 2.75. The number of halogens is 2. The molecule has 1 aromatic rings. The summed E-state index contributed by atoms with van der Waals surface area (Å²) in [5.74, 6) is -0.415. The maximum atomic E-state index is 12.8. The Labute approximate surface area is 161 Å². The quantitative estimate of drug-likeness (QED) is 0.678. The number of rotatable bonds is 1. The predicted octanol–water partition coefficient (Wildman–Crippen LogP) is 3.38. The molecular formula is C17H19Cl2N3O4. The summed E-state index contributed by atoms with van der Waals surface area (Å²) in [6.45, 7) is 5.96. The summed E-state index contributed by atoms with van der Waals surface area (Å²) in [7, 11) is 0. The molecule has 3 rings (SSSR count). The van der Waals surface area contributed by atoms with Crippen LogP contribution < -0.4 is 4.90 Å². The van der Waals surface area contributed by atoms with Crippen LogP contribution in [0.1, 0.15) is 20.8 Å². The molecule has 2 aliphatic heterocycles. The summed E-state index contributed by atoms with van der Waals surface area (Å²) in [5.41, 5.74) is -0.316. The number of benzene rings is 1. The summed E-state index contributed by atoms with van der Waals surface area (Å²) >= 11 is 12.0. The lowest BCUT2D eigenvalue weighted by atomic mass is 10.2. The van der Waals surface area contributed by atoms with Crippen LogP contribution in [0.3, 0.4) is 0 Å². The molecule has 7 nitrogen and oxygen atoms in total. The minimum absolute atomic E-state index is 0.0876. The largest absolute Gasteiger partial charge is 0.444 e. The van der Waals surface area contributed by atoms with Crippen LogP contribution in [0.2, 0.25) is 10.0 Å². The molecule has 0 spiro atoms. The molecule has 0 N–H and O–H groups in total. The van der Waals surface area contributed by atoms with Crippen LogP contribution in [0.5, 0.6) is 0 Å². The van der Waals surface area contributed by atoms with Gasteiger partial charge in [-0.15, -0.1) is 0 Å². The Morgan fingerprint density at radius 3 is 2.31 bits per heavy atom. The van der Waals surface area contributed by atoms with Crippen LogP contribution in [0.25, 0.3) is 0 Å². The molecule has 0 radical (unpaired) electrons. The number of imide groups is 1. The Kier molecular flexibility index (Phi) is 4.79.